The van der Waals surface area contributed by atoms with E-state index in [4.69, 9.17) is 0 Å². The predicted octanol–water partition coefficient (Wildman–Crippen LogP) is 6.04. The number of hydrogen-bond donors (Lipinski definition) is 0. The fourth-order valence-electron chi connectivity index (χ4n) is 3.32. The smallest absolute Gasteiger partial charge is 0.0102 e. The van der Waals surface area contributed by atoms with Crippen molar-refractivity contribution in [2.75, 3.05) is 0 Å². The Morgan fingerprint density at radius 2 is 1.90 bits per heavy atom. The predicted molar refractivity (Wildman–Crippen MR) is 90.8 cm³/mol. The maximum atomic E-state index is 4.03. The molecule has 0 bridgehead atoms. The van der Waals surface area contributed by atoms with Crippen LogP contribution in [0.15, 0.2) is 43.0 Å². The molecule has 2 aromatic rings. The number of fused-ring (bicyclic) bond motifs is 3. The molecule has 3 rings (SSSR count). The van der Waals surface area contributed by atoms with E-state index in [2.05, 4.69) is 69.0 Å². The minimum atomic E-state index is 0.572. The Kier molecular flexibility index (Phi) is 3.31. The van der Waals surface area contributed by atoms with Crippen molar-refractivity contribution in [3.8, 4) is 0 Å². The number of benzene rings is 2. The van der Waals surface area contributed by atoms with E-state index in [1.54, 1.807) is 0 Å². The van der Waals surface area contributed by atoms with Crippen LogP contribution in [0.25, 0.3) is 29.0 Å². The maximum Gasteiger partial charge on any atom is -0.0102 e. The molecular formula is C20H20. The van der Waals surface area contributed by atoms with Gasteiger partial charge in [-0.15, -0.1) is 0 Å². The third-order valence-corrected chi connectivity index (χ3v) is 4.18. The Hall–Kier alpha value is -2.08. The van der Waals surface area contributed by atoms with Gasteiger partial charge >= 0.3 is 0 Å². The van der Waals surface area contributed by atoms with E-state index in [9.17, 15) is 0 Å². The highest BCUT2D eigenvalue weighted by Gasteiger charge is 2.20. The molecule has 0 heteroatoms. The van der Waals surface area contributed by atoms with E-state index in [0.717, 1.165) is 6.42 Å². The van der Waals surface area contributed by atoms with Crippen LogP contribution in [0.2, 0.25) is 0 Å². The summed E-state index contributed by atoms with van der Waals surface area (Å²) >= 11 is 0. The molecule has 0 nitrogen and oxygen atoms in total. The summed E-state index contributed by atoms with van der Waals surface area (Å²) < 4.78 is 0. The first-order chi connectivity index (χ1) is 9.77. The van der Waals surface area contributed by atoms with Crippen LogP contribution in [0.5, 0.6) is 0 Å². The second-order valence-electron chi connectivity index (χ2n) is 5.44. The first-order valence-electron chi connectivity index (χ1n) is 7.28. The van der Waals surface area contributed by atoms with Gasteiger partial charge in [-0.25, -0.2) is 0 Å². The summed E-state index contributed by atoms with van der Waals surface area (Å²) in [5.74, 6) is 0.572. The normalized spacial score (nSPS) is 17.6. The number of hydrogen-bond acceptors (Lipinski definition) is 0. The van der Waals surface area contributed by atoms with Gasteiger partial charge in [-0.05, 0) is 52.3 Å². The topological polar surface area (TPSA) is 0 Å². The summed E-state index contributed by atoms with van der Waals surface area (Å²) in [5, 5.41) is 2.69. The van der Waals surface area contributed by atoms with Crippen LogP contribution in [0.4, 0.5) is 0 Å². The van der Waals surface area contributed by atoms with Crippen molar-refractivity contribution in [1.29, 1.82) is 0 Å². The van der Waals surface area contributed by atoms with Crippen LogP contribution in [0.1, 0.15) is 48.4 Å². The summed E-state index contributed by atoms with van der Waals surface area (Å²) in [4.78, 5) is 0. The monoisotopic (exact) mass is 260 g/mol. The van der Waals surface area contributed by atoms with Crippen molar-refractivity contribution >= 4 is 29.0 Å². The zero-order valence-electron chi connectivity index (χ0n) is 12.2. The van der Waals surface area contributed by atoms with Crippen molar-refractivity contribution in [3.63, 3.8) is 0 Å². The van der Waals surface area contributed by atoms with Crippen LogP contribution < -0.4 is 0 Å². The molecule has 0 aromatic heterocycles. The minimum Gasteiger partial charge on any atom is -0.0984 e. The molecule has 100 valence electrons. The van der Waals surface area contributed by atoms with Gasteiger partial charge < -0.3 is 0 Å². The summed E-state index contributed by atoms with van der Waals surface area (Å²) in [7, 11) is 0. The third kappa shape index (κ3) is 1.84. The van der Waals surface area contributed by atoms with E-state index >= 15 is 0 Å². The van der Waals surface area contributed by atoms with E-state index in [-0.39, 0.29) is 0 Å². The molecule has 0 spiro atoms. The van der Waals surface area contributed by atoms with Gasteiger partial charge in [0.05, 0.1) is 0 Å². The van der Waals surface area contributed by atoms with E-state index in [1.807, 2.05) is 6.08 Å². The molecular weight excluding hydrogens is 240 g/mol. The molecule has 1 atom stereocenters. The molecule has 0 radical (unpaired) electrons. The Balaban J connectivity index is 2.54. The van der Waals surface area contributed by atoms with Crippen LogP contribution in [-0.4, -0.2) is 0 Å². The lowest BCUT2D eigenvalue weighted by Gasteiger charge is -2.24. The third-order valence-electron chi connectivity index (χ3n) is 4.18. The Bertz CT molecular complexity index is 729. The molecule has 0 saturated carbocycles. The Morgan fingerprint density at radius 1 is 1.15 bits per heavy atom. The van der Waals surface area contributed by atoms with Gasteiger partial charge in [0, 0.05) is 0 Å². The SMILES string of the molecule is C=Cc1c(/C=C\C)c2c(c3ccccc13)C(C)CC=C2. The van der Waals surface area contributed by atoms with Crippen LogP contribution in [0.3, 0.4) is 0 Å². The van der Waals surface area contributed by atoms with Gasteiger partial charge in [0.1, 0.15) is 0 Å². The van der Waals surface area contributed by atoms with E-state index in [1.165, 1.54) is 33.0 Å². The zero-order valence-corrected chi connectivity index (χ0v) is 12.2. The molecule has 0 N–H and O–H groups in total. The van der Waals surface area contributed by atoms with E-state index in [0.29, 0.717) is 5.92 Å². The van der Waals surface area contributed by atoms with Gasteiger partial charge in [0.2, 0.25) is 0 Å². The van der Waals surface area contributed by atoms with Gasteiger partial charge in [-0.1, -0.05) is 68.1 Å². The van der Waals surface area contributed by atoms with Crippen molar-refractivity contribution in [3.05, 3.63) is 65.3 Å². The van der Waals surface area contributed by atoms with Crippen LogP contribution in [-0.2, 0) is 0 Å². The lowest BCUT2D eigenvalue weighted by Crippen LogP contribution is -2.05. The second kappa shape index (κ2) is 5.13. The Labute approximate surface area is 121 Å². The summed E-state index contributed by atoms with van der Waals surface area (Å²) in [6, 6.07) is 8.71. The standard InChI is InChI=1S/C20H20/c1-4-9-16-15(5-2)17-11-6-7-12-18(17)20-14(3)10-8-13-19(16)20/h4-9,11-14H,2,10H2,1,3H3/b9-4-. The molecule has 0 fully saturated rings. The zero-order chi connectivity index (χ0) is 14.1. The maximum absolute atomic E-state index is 4.03. The Morgan fingerprint density at radius 3 is 2.60 bits per heavy atom. The van der Waals surface area contributed by atoms with Crippen molar-refractivity contribution < 1.29 is 0 Å². The largest absolute Gasteiger partial charge is 0.0984 e. The van der Waals surface area contributed by atoms with Gasteiger partial charge in [-0.2, -0.15) is 0 Å². The summed E-state index contributed by atoms with van der Waals surface area (Å²) in [5.41, 5.74) is 5.41. The summed E-state index contributed by atoms with van der Waals surface area (Å²) in [6.07, 6.45) is 12.0. The summed E-state index contributed by atoms with van der Waals surface area (Å²) in [6.45, 7) is 8.43. The first kappa shape index (κ1) is 12.9. The molecule has 20 heavy (non-hydrogen) atoms. The molecule has 1 aliphatic rings. The van der Waals surface area contributed by atoms with Crippen LogP contribution >= 0.6 is 0 Å². The van der Waals surface area contributed by atoms with Gasteiger partial charge in [-0.3, -0.25) is 0 Å². The fourth-order valence-corrected chi connectivity index (χ4v) is 3.32. The highest BCUT2D eigenvalue weighted by Crippen LogP contribution is 2.40. The van der Waals surface area contributed by atoms with Crippen molar-refractivity contribution in [1.82, 2.24) is 0 Å². The average Bonchev–Trinajstić information content (AvgIpc) is 2.48. The molecule has 0 amide bonds. The molecule has 0 aliphatic heterocycles. The van der Waals surface area contributed by atoms with Crippen molar-refractivity contribution in [2.24, 2.45) is 0 Å². The quantitative estimate of drug-likeness (QED) is 0.617. The first-order valence-corrected chi connectivity index (χ1v) is 7.28. The highest BCUT2D eigenvalue weighted by molar-refractivity contribution is 6.00. The molecule has 1 unspecified atom stereocenters. The minimum absolute atomic E-state index is 0.572. The second-order valence-corrected chi connectivity index (χ2v) is 5.44. The van der Waals surface area contributed by atoms with Crippen LogP contribution in [0, 0.1) is 0 Å². The fraction of sp³-hybridized carbons (Fsp3) is 0.200. The van der Waals surface area contributed by atoms with Crippen molar-refractivity contribution in [2.45, 2.75) is 26.2 Å². The molecule has 2 aromatic carbocycles. The lowest BCUT2D eigenvalue weighted by atomic mass is 9.80. The van der Waals surface area contributed by atoms with E-state index < -0.39 is 0 Å². The molecule has 0 saturated heterocycles. The highest BCUT2D eigenvalue weighted by atomic mass is 14.2. The van der Waals surface area contributed by atoms with Gasteiger partial charge in [0.15, 0.2) is 0 Å². The molecule has 0 heterocycles. The number of allylic oxidation sites excluding steroid dienone is 2. The number of rotatable bonds is 2. The lowest BCUT2D eigenvalue weighted by molar-refractivity contribution is 0.779. The molecule has 1 aliphatic carbocycles. The van der Waals surface area contributed by atoms with Gasteiger partial charge in [0.25, 0.3) is 0 Å². The average molecular weight is 260 g/mol.